The zero-order valence-electron chi connectivity index (χ0n) is 11.1. The minimum Gasteiger partial charge on any atom is -0.481 e. The molecule has 1 saturated carbocycles. The molecule has 1 fully saturated rings. The average molecular weight is 250 g/mol. The molecule has 5 nitrogen and oxygen atoms in total. The van der Waals surface area contributed by atoms with Crippen LogP contribution in [-0.4, -0.2) is 20.6 Å². The Morgan fingerprint density at radius 1 is 1.44 bits per heavy atom. The monoisotopic (exact) mass is 250 g/mol. The van der Waals surface area contributed by atoms with Gasteiger partial charge >= 0.3 is 11.7 Å². The van der Waals surface area contributed by atoms with Gasteiger partial charge in [-0.25, -0.2) is 4.79 Å². The predicted octanol–water partition coefficient (Wildman–Crippen LogP) is 1.56. The lowest BCUT2D eigenvalue weighted by atomic mass is 9.97. The third kappa shape index (κ3) is 1.83. The molecule has 18 heavy (non-hydrogen) atoms. The maximum atomic E-state index is 12.0. The summed E-state index contributed by atoms with van der Waals surface area (Å²) in [6, 6.07) is 0. The van der Waals surface area contributed by atoms with Crippen molar-refractivity contribution in [1.29, 1.82) is 0 Å². The number of carbonyl (C=O) groups is 1. The van der Waals surface area contributed by atoms with E-state index in [1.807, 2.05) is 13.8 Å². The number of aryl methyl sites for hydroxylation is 1. The van der Waals surface area contributed by atoms with Crippen molar-refractivity contribution in [2.75, 3.05) is 0 Å². The zero-order chi connectivity index (χ0) is 13.7. The Morgan fingerprint density at radius 3 is 2.44 bits per heavy atom. The van der Waals surface area contributed by atoms with Gasteiger partial charge in [0.1, 0.15) is 0 Å². The molecule has 1 aliphatic carbocycles. The minimum absolute atomic E-state index is 0.172. The van der Waals surface area contributed by atoms with Gasteiger partial charge in [0.15, 0.2) is 0 Å². The van der Waals surface area contributed by atoms with Gasteiger partial charge in [-0.1, -0.05) is 0 Å². The lowest BCUT2D eigenvalue weighted by molar-refractivity contribution is -0.138. The predicted molar refractivity (Wildman–Crippen MR) is 66.9 cm³/mol. The van der Waals surface area contributed by atoms with Crippen LogP contribution in [0.2, 0.25) is 0 Å². The number of aromatic nitrogens is 2. The fraction of sp³-hybridized carbons (Fsp3) is 0.615. The highest BCUT2D eigenvalue weighted by molar-refractivity contribution is 5.76. The van der Waals surface area contributed by atoms with Crippen molar-refractivity contribution in [1.82, 2.24) is 9.55 Å². The third-order valence-electron chi connectivity index (χ3n) is 3.89. The molecule has 98 valence electrons. The van der Waals surface area contributed by atoms with Gasteiger partial charge in [0.25, 0.3) is 0 Å². The highest BCUT2D eigenvalue weighted by Crippen LogP contribution is 2.43. The molecule has 0 spiro atoms. The topological polar surface area (TPSA) is 72.2 Å². The van der Waals surface area contributed by atoms with E-state index >= 15 is 0 Å². The molecule has 1 N–H and O–H groups in total. The fourth-order valence-electron chi connectivity index (χ4n) is 2.57. The van der Waals surface area contributed by atoms with Gasteiger partial charge < -0.3 is 5.11 Å². The Morgan fingerprint density at radius 2 is 2.00 bits per heavy atom. The summed E-state index contributed by atoms with van der Waals surface area (Å²) in [6.45, 7) is 7.15. The van der Waals surface area contributed by atoms with E-state index in [1.165, 1.54) is 0 Å². The number of carboxylic acids is 1. The summed E-state index contributed by atoms with van der Waals surface area (Å²) < 4.78 is 1.66. The SMILES string of the molecule is Cc1nc(=O)n(C2(C)CC2)c(C)c1C(C)C(=O)O. The van der Waals surface area contributed by atoms with E-state index in [-0.39, 0.29) is 11.2 Å². The summed E-state index contributed by atoms with van der Waals surface area (Å²) in [7, 11) is 0. The quantitative estimate of drug-likeness (QED) is 0.883. The van der Waals surface area contributed by atoms with Crippen molar-refractivity contribution >= 4 is 5.97 Å². The summed E-state index contributed by atoms with van der Waals surface area (Å²) in [5, 5.41) is 9.15. The second-order valence-electron chi connectivity index (χ2n) is 5.37. The molecule has 0 radical (unpaired) electrons. The van der Waals surface area contributed by atoms with Crippen molar-refractivity contribution in [2.24, 2.45) is 0 Å². The maximum absolute atomic E-state index is 12.0. The standard InChI is InChI=1S/C13H18N2O3/c1-7(11(16)17)10-8(2)14-12(18)15(9(10)3)13(4)5-6-13/h7H,5-6H2,1-4H3,(H,16,17). The highest BCUT2D eigenvalue weighted by Gasteiger charge is 2.42. The Labute approximate surface area is 105 Å². The Hall–Kier alpha value is -1.65. The smallest absolute Gasteiger partial charge is 0.348 e. The van der Waals surface area contributed by atoms with Crippen LogP contribution in [0.5, 0.6) is 0 Å². The highest BCUT2D eigenvalue weighted by atomic mass is 16.4. The number of rotatable bonds is 3. The second kappa shape index (κ2) is 3.93. The molecule has 2 rings (SSSR count). The lowest BCUT2D eigenvalue weighted by Gasteiger charge is -2.21. The summed E-state index contributed by atoms with van der Waals surface area (Å²) in [4.78, 5) is 27.1. The van der Waals surface area contributed by atoms with Gasteiger partial charge in [0.05, 0.1) is 5.92 Å². The third-order valence-corrected chi connectivity index (χ3v) is 3.89. The first-order valence-corrected chi connectivity index (χ1v) is 6.11. The van der Waals surface area contributed by atoms with Crippen LogP contribution in [0.25, 0.3) is 0 Å². The number of aliphatic carboxylic acids is 1. The number of hydrogen-bond donors (Lipinski definition) is 1. The minimum atomic E-state index is -0.894. The van der Waals surface area contributed by atoms with Gasteiger partial charge in [0, 0.05) is 22.5 Å². The van der Waals surface area contributed by atoms with E-state index < -0.39 is 11.9 Å². The molecule has 5 heteroatoms. The normalized spacial score (nSPS) is 18.4. The van der Waals surface area contributed by atoms with Gasteiger partial charge in [0.2, 0.25) is 0 Å². The fourth-order valence-corrected chi connectivity index (χ4v) is 2.57. The van der Waals surface area contributed by atoms with Crippen molar-refractivity contribution in [3.8, 4) is 0 Å². The first kappa shape index (κ1) is 12.8. The van der Waals surface area contributed by atoms with Crippen LogP contribution in [0.4, 0.5) is 0 Å². The molecule has 0 saturated heterocycles. The van der Waals surface area contributed by atoms with Gasteiger partial charge in [-0.3, -0.25) is 9.36 Å². The molecule has 0 amide bonds. The number of hydrogen-bond acceptors (Lipinski definition) is 3. The van der Waals surface area contributed by atoms with E-state index in [2.05, 4.69) is 4.98 Å². The Bertz CT molecular complexity index is 570. The van der Waals surface area contributed by atoms with Crippen LogP contribution in [0.3, 0.4) is 0 Å². The van der Waals surface area contributed by atoms with Gasteiger partial charge in [-0.05, 0) is 40.5 Å². The summed E-state index contributed by atoms with van der Waals surface area (Å²) in [5.41, 5.74) is 1.48. The second-order valence-corrected chi connectivity index (χ2v) is 5.37. The molecule has 1 aliphatic rings. The molecule has 1 aromatic heterocycles. The number of nitrogens with zero attached hydrogens (tertiary/aromatic N) is 2. The van der Waals surface area contributed by atoms with E-state index in [0.29, 0.717) is 11.3 Å². The van der Waals surface area contributed by atoms with E-state index in [1.54, 1.807) is 18.4 Å². The van der Waals surface area contributed by atoms with Crippen LogP contribution in [-0.2, 0) is 10.3 Å². The van der Waals surface area contributed by atoms with Crippen LogP contribution in [0.1, 0.15) is 49.6 Å². The van der Waals surface area contributed by atoms with Crippen molar-refractivity contribution in [3.63, 3.8) is 0 Å². The van der Waals surface area contributed by atoms with Crippen molar-refractivity contribution < 1.29 is 9.90 Å². The molecular weight excluding hydrogens is 232 g/mol. The van der Waals surface area contributed by atoms with E-state index in [9.17, 15) is 9.59 Å². The van der Waals surface area contributed by atoms with Gasteiger partial charge in [-0.15, -0.1) is 0 Å². The largest absolute Gasteiger partial charge is 0.481 e. The van der Waals surface area contributed by atoms with E-state index in [4.69, 9.17) is 5.11 Å². The summed E-state index contributed by atoms with van der Waals surface area (Å²) in [6.07, 6.45) is 1.89. The lowest BCUT2D eigenvalue weighted by Crippen LogP contribution is -2.35. The molecule has 0 aromatic carbocycles. The van der Waals surface area contributed by atoms with Crippen LogP contribution in [0.15, 0.2) is 4.79 Å². The van der Waals surface area contributed by atoms with Crippen LogP contribution >= 0.6 is 0 Å². The molecule has 0 aliphatic heterocycles. The molecule has 1 unspecified atom stereocenters. The first-order chi connectivity index (χ1) is 8.28. The van der Waals surface area contributed by atoms with Gasteiger partial charge in [-0.2, -0.15) is 4.98 Å². The number of carboxylic acid groups (broad SMARTS) is 1. The molecule has 1 atom stereocenters. The molecule has 1 heterocycles. The summed E-state index contributed by atoms with van der Waals surface area (Å²) in [5.74, 6) is -1.54. The maximum Gasteiger partial charge on any atom is 0.348 e. The molecule has 1 aromatic rings. The van der Waals surface area contributed by atoms with E-state index in [0.717, 1.165) is 18.5 Å². The zero-order valence-corrected chi connectivity index (χ0v) is 11.1. The average Bonchev–Trinajstić information content (AvgIpc) is 2.95. The van der Waals surface area contributed by atoms with Crippen LogP contribution < -0.4 is 5.69 Å². The Kier molecular flexibility index (Phi) is 2.80. The first-order valence-electron chi connectivity index (χ1n) is 6.11. The summed E-state index contributed by atoms with van der Waals surface area (Å²) >= 11 is 0. The molecule has 0 bridgehead atoms. The van der Waals surface area contributed by atoms with Crippen molar-refractivity contribution in [3.05, 3.63) is 27.4 Å². The molecular formula is C13H18N2O3. The van der Waals surface area contributed by atoms with Crippen molar-refractivity contribution in [2.45, 2.75) is 52.0 Å². The Balaban J connectivity index is 2.68. The van der Waals surface area contributed by atoms with Crippen LogP contribution in [0, 0.1) is 13.8 Å².